The van der Waals surface area contributed by atoms with Gasteiger partial charge in [-0.15, -0.1) is 0 Å². The molecule has 0 aromatic heterocycles. The van der Waals surface area contributed by atoms with Crippen LogP contribution in [0.5, 0.6) is 5.75 Å². The van der Waals surface area contributed by atoms with Crippen molar-refractivity contribution in [3.05, 3.63) is 28.8 Å². The van der Waals surface area contributed by atoms with Crippen molar-refractivity contribution >= 4 is 11.7 Å². The highest BCUT2D eigenvalue weighted by Crippen LogP contribution is 2.42. The zero-order valence-corrected chi connectivity index (χ0v) is 19.0. The number of fused-ring (bicyclic) bond motifs is 1. The molecule has 0 radical (unpaired) electrons. The van der Waals surface area contributed by atoms with Gasteiger partial charge in [0.2, 0.25) is 5.91 Å². The summed E-state index contributed by atoms with van der Waals surface area (Å²) in [5, 5.41) is 0. The Morgan fingerprint density at radius 2 is 1.83 bits per heavy atom. The SMILES string of the molecule is CCCCC1CCC(C(=O)N2CCC3(CC2)CC(=O)c2cc(C)cc(C)c2O3)CC1. The van der Waals surface area contributed by atoms with Gasteiger partial charge in [-0.3, -0.25) is 9.59 Å². The van der Waals surface area contributed by atoms with E-state index in [1.165, 1.54) is 32.1 Å². The van der Waals surface area contributed by atoms with Gasteiger partial charge in [0.05, 0.1) is 12.0 Å². The molecule has 0 unspecified atom stereocenters. The summed E-state index contributed by atoms with van der Waals surface area (Å²) in [6.07, 6.45) is 10.4. The van der Waals surface area contributed by atoms with Crippen molar-refractivity contribution in [3.63, 3.8) is 0 Å². The molecule has 1 aromatic carbocycles. The van der Waals surface area contributed by atoms with Crippen molar-refractivity contribution < 1.29 is 14.3 Å². The minimum atomic E-state index is -0.432. The van der Waals surface area contributed by atoms with Gasteiger partial charge in [0.1, 0.15) is 11.4 Å². The maximum Gasteiger partial charge on any atom is 0.225 e. The number of aryl methyl sites for hydroxylation is 2. The number of unbranched alkanes of at least 4 members (excludes halogenated alkanes) is 1. The number of hydrogen-bond acceptors (Lipinski definition) is 3. The van der Waals surface area contributed by atoms with Crippen molar-refractivity contribution in [1.82, 2.24) is 4.90 Å². The number of benzene rings is 1. The van der Waals surface area contributed by atoms with E-state index < -0.39 is 5.60 Å². The summed E-state index contributed by atoms with van der Waals surface area (Å²) in [6, 6.07) is 4.04. The van der Waals surface area contributed by atoms with E-state index in [4.69, 9.17) is 4.74 Å². The van der Waals surface area contributed by atoms with Crippen LogP contribution in [0.4, 0.5) is 0 Å². The fraction of sp³-hybridized carbons (Fsp3) is 0.692. The number of hydrogen-bond donors (Lipinski definition) is 0. The third-order valence-electron chi connectivity index (χ3n) is 7.67. The van der Waals surface area contributed by atoms with Gasteiger partial charge >= 0.3 is 0 Å². The van der Waals surface area contributed by atoms with E-state index >= 15 is 0 Å². The molecule has 4 heteroatoms. The van der Waals surface area contributed by atoms with Gasteiger partial charge in [-0.25, -0.2) is 0 Å². The average Bonchev–Trinajstić information content (AvgIpc) is 2.74. The zero-order valence-electron chi connectivity index (χ0n) is 19.0. The molecule has 0 atom stereocenters. The molecule has 1 saturated heterocycles. The first-order chi connectivity index (χ1) is 14.4. The Morgan fingerprint density at radius 3 is 2.50 bits per heavy atom. The van der Waals surface area contributed by atoms with Crippen molar-refractivity contribution in [2.45, 2.75) is 90.6 Å². The minimum Gasteiger partial charge on any atom is -0.486 e. The standard InChI is InChI=1S/C26H37NO3/c1-4-5-6-20-7-9-21(10-8-20)25(29)27-13-11-26(12-14-27)17-23(28)22-16-18(2)15-19(3)24(22)30-26/h15-16,20-21H,4-14,17H2,1-3H3. The zero-order chi connectivity index (χ0) is 21.3. The summed E-state index contributed by atoms with van der Waals surface area (Å²) in [7, 11) is 0. The van der Waals surface area contributed by atoms with Crippen LogP contribution < -0.4 is 4.74 Å². The first-order valence-electron chi connectivity index (χ1n) is 12.0. The molecule has 1 aromatic rings. The molecule has 1 amide bonds. The second-order valence-corrected chi connectivity index (χ2v) is 10.0. The van der Waals surface area contributed by atoms with Crippen molar-refractivity contribution in [2.75, 3.05) is 13.1 Å². The number of amides is 1. The topological polar surface area (TPSA) is 46.6 Å². The van der Waals surface area contributed by atoms with E-state index in [0.717, 1.165) is 54.0 Å². The second kappa shape index (κ2) is 8.72. The maximum atomic E-state index is 13.1. The highest BCUT2D eigenvalue weighted by atomic mass is 16.5. The highest BCUT2D eigenvalue weighted by molar-refractivity contribution is 6.01. The smallest absolute Gasteiger partial charge is 0.225 e. The van der Waals surface area contributed by atoms with Crippen LogP contribution in [0.1, 0.15) is 92.6 Å². The van der Waals surface area contributed by atoms with Gasteiger partial charge in [0.25, 0.3) is 0 Å². The molecule has 4 rings (SSSR count). The van der Waals surface area contributed by atoms with Crippen LogP contribution >= 0.6 is 0 Å². The quantitative estimate of drug-likeness (QED) is 0.645. The first kappa shape index (κ1) is 21.4. The lowest BCUT2D eigenvalue weighted by Crippen LogP contribution is -2.53. The molecule has 1 spiro atoms. The van der Waals surface area contributed by atoms with E-state index in [1.54, 1.807) is 0 Å². The molecular formula is C26H37NO3. The normalized spacial score (nSPS) is 25.7. The Hall–Kier alpha value is -1.84. The highest BCUT2D eigenvalue weighted by Gasteiger charge is 2.44. The van der Waals surface area contributed by atoms with Crippen molar-refractivity contribution in [2.24, 2.45) is 11.8 Å². The third kappa shape index (κ3) is 4.29. The molecular weight excluding hydrogens is 374 g/mol. The Labute approximate surface area is 181 Å². The van der Waals surface area contributed by atoms with E-state index in [1.807, 2.05) is 24.8 Å². The van der Waals surface area contributed by atoms with Crippen LogP contribution in [0.2, 0.25) is 0 Å². The monoisotopic (exact) mass is 411 g/mol. The van der Waals surface area contributed by atoms with Crippen LogP contribution in [0.25, 0.3) is 0 Å². The molecule has 1 saturated carbocycles. The number of ether oxygens (including phenoxy) is 1. The number of carbonyl (C=O) groups is 2. The molecule has 2 aliphatic heterocycles. The number of ketones is 1. The number of nitrogens with zero attached hydrogens (tertiary/aromatic N) is 1. The van der Waals surface area contributed by atoms with E-state index in [9.17, 15) is 9.59 Å². The number of carbonyl (C=O) groups excluding carboxylic acids is 2. The van der Waals surface area contributed by atoms with E-state index in [-0.39, 0.29) is 11.7 Å². The Kier molecular flexibility index (Phi) is 6.22. The lowest BCUT2D eigenvalue weighted by molar-refractivity contribution is -0.140. The van der Waals surface area contributed by atoms with Crippen LogP contribution in [0.3, 0.4) is 0 Å². The fourth-order valence-corrected chi connectivity index (χ4v) is 5.80. The summed E-state index contributed by atoms with van der Waals surface area (Å²) in [6.45, 7) is 7.72. The molecule has 2 heterocycles. The van der Waals surface area contributed by atoms with Gasteiger partial charge in [-0.05, 0) is 62.6 Å². The van der Waals surface area contributed by atoms with Crippen LogP contribution in [-0.2, 0) is 4.79 Å². The Bertz CT molecular complexity index is 799. The molecule has 2 fully saturated rings. The average molecular weight is 412 g/mol. The lowest BCUT2D eigenvalue weighted by Gasteiger charge is -2.45. The molecule has 3 aliphatic rings. The Morgan fingerprint density at radius 1 is 1.13 bits per heavy atom. The van der Waals surface area contributed by atoms with E-state index in [0.29, 0.717) is 25.4 Å². The molecule has 0 N–H and O–H groups in total. The van der Waals surface area contributed by atoms with Gasteiger partial charge in [-0.1, -0.05) is 32.3 Å². The summed E-state index contributed by atoms with van der Waals surface area (Å²) in [4.78, 5) is 28.0. The fourth-order valence-electron chi connectivity index (χ4n) is 5.80. The molecule has 30 heavy (non-hydrogen) atoms. The van der Waals surface area contributed by atoms with Gasteiger partial charge < -0.3 is 9.64 Å². The molecule has 0 bridgehead atoms. The van der Waals surface area contributed by atoms with Crippen LogP contribution in [0.15, 0.2) is 12.1 Å². The number of rotatable bonds is 4. The predicted octanol–water partition coefficient (Wildman–Crippen LogP) is 5.63. The molecule has 164 valence electrons. The number of piperidine rings is 1. The first-order valence-corrected chi connectivity index (χ1v) is 12.0. The number of likely N-dealkylation sites (tertiary alicyclic amines) is 1. The predicted molar refractivity (Wildman–Crippen MR) is 119 cm³/mol. The lowest BCUT2D eigenvalue weighted by atomic mass is 9.78. The molecule has 1 aliphatic carbocycles. The summed E-state index contributed by atoms with van der Waals surface area (Å²) < 4.78 is 6.48. The summed E-state index contributed by atoms with van der Waals surface area (Å²) >= 11 is 0. The third-order valence-corrected chi connectivity index (χ3v) is 7.67. The summed E-state index contributed by atoms with van der Waals surface area (Å²) in [5.74, 6) is 2.33. The second-order valence-electron chi connectivity index (χ2n) is 10.0. The van der Waals surface area contributed by atoms with Gasteiger partial charge in [0.15, 0.2) is 5.78 Å². The van der Waals surface area contributed by atoms with Gasteiger partial charge in [0, 0.05) is 31.8 Å². The maximum absolute atomic E-state index is 13.1. The molecule has 4 nitrogen and oxygen atoms in total. The minimum absolute atomic E-state index is 0.188. The van der Waals surface area contributed by atoms with Crippen molar-refractivity contribution in [1.29, 1.82) is 0 Å². The van der Waals surface area contributed by atoms with Crippen LogP contribution in [0, 0.1) is 25.7 Å². The van der Waals surface area contributed by atoms with Crippen molar-refractivity contribution in [3.8, 4) is 5.75 Å². The van der Waals surface area contributed by atoms with Gasteiger partial charge in [-0.2, -0.15) is 0 Å². The summed E-state index contributed by atoms with van der Waals surface area (Å²) in [5.41, 5.74) is 2.44. The van der Waals surface area contributed by atoms with E-state index in [2.05, 4.69) is 13.0 Å². The Balaban J connectivity index is 1.35. The largest absolute Gasteiger partial charge is 0.486 e. The van der Waals surface area contributed by atoms with Crippen LogP contribution in [-0.4, -0.2) is 35.3 Å². The number of Topliss-reactive ketones (excluding diaryl/α,β-unsaturated/α-hetero) is 1.